The van der Waals surface area contributed by atoms with Crippen LogP contribution in [0.25, 0.3) is 10.9 Å². The molecule has 0 spiro atoms. The lowest BCUT2D eigenvalue weighted by Gasteiger charge is -2.30. The van der Waals surface area contributed by atoms with Crippen LogP contribution in [0.3, 0.4) is 0 Å². The minimum absolute atomic E-state index is 0.0988. The number of carbonyl (C=O) groups excluding carboxylic acids is 1. The number of hydrogen-bond donors (Lipinski definition) is 0. The van der Waals surface area contributed by atoms with Crippen LogP contribution in [0, 0.1) is 5.92 Å². The molecule has 0 N–H and O–H groups in total. The van der Waals surface area contributed by atoms with E-state index in [0.29, 0.717) is 46.6 Å². The lowest BCUT2D eigenvalue weighted by molar-refractivity contribution is -0.130. The van der Waals surface area contributed by atoms with Gasteiger partial charge >= 0.3 is 0 Å². The molecule has 1 atom stereocenters. The van der Waals surface area contributed by atoms with Crippen LogP contribution in [0.5, 0.6) is 0 Å². The molecule has 1 aromatic heterocycles. The highest BCUT2D eigenvalue weighted by molar-refractivity contribution is 7.99. The summed E-state index contributed by atoms with van der Waals surface area (Å²) < 4.78 is 7.28. The minimum Gasteiger partial charge on any atom is -0.379 e. The standard InChI is InChI=1S/C22H30ClN3O3S/c1-15(2)29-11-5-10-26-21(28)18-8-7-17(23)12-19(18)24-22(26)30-14-20(27)25-9-4-6-16(3)13-25/h7-8,12,15-16H,4-6,9-11,13-14H2,1-3H3. The summed E-state index contributed by atoms with van der Waals surface area (Å²) in [6.07, 6.45) is 3.06. The van der Waals surface area contributed by atoms with Crippen molar-refractivity contribution in [2.45, 2.75) is 57.8 Å². The van der Waals surface area contributed by atoms with Gasteiger partial charge in [0.2, 0.25) is 5.91 Å². The number of likely N-dealkylation sites (tertiary alicyclic amines) is 1. The molecule has 0 aliphatic carbocycles. The average molecular weight is 452 g/mol. The fourth-order valence-electron chi connectivity index (χ4n) is 3.66. The number of nitrogens with zero attached hydrogens (tertiary/aromatic N) is 3. The Morgan fingerprint density at radius 1 is 1.40 bits per heavy atom. The van der Waals surface area contributed by atoms with Gasteiger partial charge in [0.15, 0.2) is 5.16 Å². The lowest BCUT2D eigenvalue weighted by atomic mass is 10.0. The molecule has 3 rings (SSSR count). The highest BCUT2D eigenvalue weighted by Crippen LogP contribution is 2.22. The molecule has 1 aliphatic rings. The lowest BCUT2D eigenvalue weighted by Crippen LogP contribution is -2.40. The Labute approximate surface area is 186 Å². The fourth-order valence-corrected chi connectivity index (χ4v) is 4.75. The Kier molecular flexibility index (Phi) is 8.20. The van der Waals surface area contributed by atoms with E-state index in [1.165, 1.54) is 18.2 Å². The smallest absolute Gasteiger partial charge is 0.262 e. The molecule has 6 nitrogen and oxygen atoms in total. The Balaban J connectivity index is 1.80. The zero-order valence-corrected chi connectivity index (χ0v) is 19.5. The van der Waals surface area contributed by atoms with Gasteiger partial charge in [-0.05, 0) is 57.2 Å². The molecule has 1 aliphatic heterocycles. The number of thioether (sulfide) groups is 1. The molecule has 30 heavy (non-hydrogen) atoms. The van der Waals surface area contributed by atoms with Gasteiger partial charge in [-0.3, -0.25) is 14.2 Å². The summed E-state index contributed by atoms with van der Waals surface area (Å²) in [7, 11) is 0. The van der Waals surface area contributed by atoms with Crippen molar-refractivity contribution in [3.8, 4) is 0 Å². The van der Waals surface area contributed by atoms with Crippen molar-refractivity contribution in [2.75, 3.05) is 25.4 Å². The summed E-state index contributed by atoms with van der Waals surface area (Å²) in [6, 6.07) is 5.11. The summed E-state index contributed by atoms with van der Waals surface area (Å²) in [4.78, 5) is 32.4. The number of aromatic nitrogens is 2. The number of carbonyl (C=O) groups is 1. The van der Waals surface area contributed by atoms with E-state index in [4.69, 9.17) is 16.3 Å². The molecule has 0 bridgehead atoms. The Bertz CT molecular complexity index is 947. The molecule has 1 unspecified atom stereocenters. The summed E-state index contributed by atoms with van der Waals surface area (Å²) in [5.74, 6) is 0.905. The van der Waals surface area contributed by atoms with Crippen molar-refractivity contribution in [1.82, 2.24) is 14.5 Å². The molecule has 164 valence electrons. The molecule has 1 aromatic carbocycles. The van der Waals surface area contributed by atoms with Crippen LogP contribution < -0.4 is 5.56 Å². The third kappa shape index (κ3) is 5.99. The van der Waals surface area contributed by atoms with Crippen molar-refractivity contribution >= 4 is 40.2 Å². The second-order valence-electron chi connectivity index (χ2n) is 8.16. The van der Waals surface area contributed by atoms with Crippen LogP contribution in [0.1, 0.15) is 40.0 Å². The first-order valence-electron chi connectivity index (χ1n) is 10.6. The maximum Gasteiger partial charge on any atom is 0.262 e. The van der Waals surface area contributed by atoms with Crippen molar-refractivity contribution in [1.29, 1.82) is 0 Å². The van der Waals surface area contributed by atoms with Gasteiger partial charge < -0.3 is 9.64 Å². The van der Waals surface area contributed by atoms with E-state index in [1.807, 2.05) is 18.7 Å². The van der Waals surface area contributed by atoms with Crippen LogP contribution in [0.15, 0.2) is 28.2 Å². The Morgan fingerprint density at radius 3 is 2.93 bits per heavy atom. The fraction of sp³-hybridized carbons (Fsp3) is 0.591. The number of ether oxygens (including phenoxy) is 1. The Morgan fingerprint density at radius 2 is 2.20 bits per heavy atom. The first-order valence-corrected chi connectivity index (χ1v) is 11.9. The third-order valence-corrected chi connectivity index (χ3v) is 6.39. The molecule has 8 heteroatoms. The maximum atomic E-state index is 13.1. The number of piperidine rings is 1. The first kappa shape index (κ1) is 23.1. The topological polar surface area (TPSA) is 64.4 Å². The second-order valence-corrected chi connectivity index (χ2v) is 9.54. The number of hydrogen-bond acceptors (Lipinski definition) is 5. The number of fused-ring (bicyclic) bond motifs is 1. The van der Waals surface area contributed by atoms with Gasteiger partial charge in [0.1, 0.15) is 0 Å². The molecule has 0 saturated carbocycles. The van der Waals surface area contributed by atoms with Crippen molar-refractivity contribution in [3.05, 3.63) is 33.6 Å². The highest BCUT2D eigenvalue weighted by Gasteiger charge is 2.22. The molecular formula is C22H30ClN3O3S. The molecule has 1 fully saturated rings. The van der Waals surface area contributed by atoms with Crippen LogP contribution >= 0.6 is 23.4 Å². The first-order chi connectivity index (χ1) is 14.3. The second kappa shape index (κ2) is 10.6. The third-order valence-electron chi connectivity index (χ3n) is 5.19. The largest absolute Gasteiger partial charge is 0.379 e. The molecule has 1 amide bonds. The summed E-state index contributed by atoms with van der Waals surface area (Å²) in [6.45, 7) is 8.83. The normalized spacial score (nSPS) is 17.1. The van der Waals surface area contributed by atoms with Gasteiger partial charge in [-0.15, -0.1) is 0 Å². The van der Waals surface area contributed by atoms with Crippen LogP contribution in [-0.2, 0) is 16.1 Å². The van der Waals surface area contributed by atoms with E-state index in [1.54, 1.807) is 22.8 Å². The van der Waals surface area contributed by atoms with Crippen LogP contribution in [-0.4, -0.2) is 51.9 Å². The SMILES string of the molecule is CC1CCCN(C(=O)CSc2nc3cc(Cl)ccc3c(=O)n2CCCOC(C)C)C1. The van der Waals surface area contributed by atoms with Gasteiger partial charge in [-0.2, -0.15) is 0 Å². The summed E-state index contributed by atoms with van der Waals surface area (Å²) in [5, 5.41) is 1.62. The number of benzene rings is 1. The molecule has 0 radical (unpaired) electrons. The van der Waals surface area contributed by atoms with E-state index in [-0.39, 0.29) is 23.3 Å². The summed E-state index contributed by atoms with van der Waals surface area (Å²) >= 11 is 7.43. The van der Waals surface area contributed by atoms with Gasteiger partial charge in [-0.1, -0.05) is 30.3 Å². The average Bonchev–Trinajstić information content (AvgIpc) is 2.70. The monoisotopic (exact) mass is 451 g/mol. The predicted molar refractivity (Wildman–Crippen MR) is 122 cm³/mol. The zero-order chi connectivity index (χ0) is 21.7. The van der Waals surface area contributed by atoms with Crippen molar-refractivity contribution in [2.24, 2.45) is 5.92 Å². The van der Waals surface area contributed by atoms with E-state index in [9.17, 15) is 9.59 Å². The van der Waals surface area contributed by atoms with Crippen molar-refractivity contribution in [3.63, 3.8) is 0 Å². The molecular weight excluding hydrogens is 422 g/mol. The zero-order valence-electron chi connectivity index (χ0n) is 17.9. The highest BCUT2D eigenvalue weighted by atomic mass is 35.5. The van der Waals surface area contributed by atoms with E-state index in [0.717, 1.165) is 19.5 Å². The van der Waals surface area contributed by atoms with Crippen LogP contribution in [0.4, 0.5) is 0 Å². The summed E-state index contributed by atoms with van der Waals surface area (Å²) in [5.41, 5.74) is 0.450. The molecule has 2 aromatic rings. The van der Waals surface area contributed by atoms with E-state index >= 15 is 0 Å². The number of rotatable bonds is 8. The van der Waals surface area contributed by atoms with Gasteiger partial charge in [0, 0.05) is 31.3 Å². The number of halogens is 1. The van der Waals surface area contributed by atoms with Crippen LogP contribution in [0.2, 0.25) is 5.02 Å². The van der Waals surface area contributed by atoms with E-state index in [2.05, 4.69) is 11.9 Å². The van der Waals surface area contributed by atoms with Gasteiger partial charge in [0.05, 0.1) is 22.8 Å². The maximum absolute atomic E-state index is 13.1. The molecule has 1 saturated heterocycles. The van der Waals surface area contributed by atoms with Gasteiger partial charge in [-0.25, -0.2) is 4.98 Å². The quantitative estimate of drug-likeness (QED) is 0.341. The van der Waals surface area contributed by atoms with Gasteiger partial charge in [0.25, 0.3) is 5.56 Å². The Hall–Kier alpha value is -1.57. The predicted octanol–water partition coefficient (Wildman–Crippen LogP) is 4.22. The van der Waals surface area contributed by atoms with E-state index < -0.39 is 0 Å². The molecule has 2 heterocycles. The van der Waals surface area contributed by atoms with Crippen molar-refractivity contribution < 1.29 is 9.53 Å². The number of amides is 1. The minimum atomic E-state index is -0.109.